The van der Waals surface area contributed by atoms with E-state index in [1.165, 1.54) is 0 Å². The highest BCUT2D eigenvalue weighted by atomic mass is 16.3. The summed E-state index contributed by atoms with van der Waals surface area (Å²) in [5, 5.41) is 15.0. The summed E-state index contributed by atoms with van der Waals surface area (Å²) in [5.74, 6) is -0.569. The second-order valence-electron chi connectivity index (χ2n) is 7.18. The molecule has 1 aromatic carbocycles. The highest BCUT2D eigenvalue weighted by Gasteiger charge is 2.21. The van der Waals surface area contributed by atoms with E-state index in [2.05, 4.69) is 15.6 Å². The molecule has 1 aromatic heterocycles. The third-order valence-corrected chi connectivity index (χ3v) is 4.74. The van der Waals surface area contributed by atoms with Crippen LogP contribution >= 0.6 is 0 Å². The summed E-state index contributed by atoms with van der Waals surface area (Å²) < 4.78 is 0. The van der Waals surface area contributed by atoms with Crippen molar-refractivity contribution < 1.29 is 14.7 Å². The highest BCUT2D eigenvalue weighted by Crippen LogP contribution is 2.21. The molecular formula is C22H28N4O3. The van der Waals surface area contributed by atoms with E-state index >= 15 is 0 Å². The number of nitrogens with zero attached hydrogens (tertiary/aromatic N) is 1. The lowest BCUT2D eigenvalue weighted by molar-refractivity contribution is -0.128. The molecule has 7 heteroatoms. The molecule has 0 saturated carbocycles. The zero-order valence-corrected chi connectivity index (χ0v) is 17.2. The Balaban J connectivity index is 1.93. The van der Waals surface area contributed by atoms with Crippen molar-refractivity contribution in [1.82, 2.24) is 15.6 Å². The minimum atomic E-state index is -0.806. The van der Waals surface area contributed by atoms with Crippen LogP contribution in [0.1, 0.15) is 36.1 Å². The molecule has 2 rings (SSSR count). The maximum Gasteiger partial charge on any atom is 0.246 e. The molecule has 154 valence electrons. The van der Waals surface area contributed by atoms with Gasteiger partial charge in [0, 0.05) is 18.6 Å². The van der Waals surface area contributed by atoms with Gasteiger partial charge in [-0.05, 0) is 80.1 Å². The molecule has 0 spiro atoms. The van der Waals surface area contributed by atoms with Gasteiger partial charge in [-0.25, -0.2) is 0 Å². The van der Waals surface area contributed by atoms with Crippen LogP contribution in [0.25, 0.3) is 5.57 Å². The summed E-state index contributed by atoms with van der Waals surface area (Å²) in [6.07, 6.45) is 5.29. The molecule has 0 aliphatic rings. The Morgan fingerprint density at radius 1 is 1.24 bits per heavy atom. The van der Waals surface area contributed by atoms with Crippen molar-refractivity contribution in [3.63, 3.8) is 0 Å². The summed E-state index contributed by atoms with van der Waals surface area (Å²) in [4.78, 5) is 28.7. The summed E-state index contributed by atoms with van der Waals surface area (Å²) in [5.41, 5.74) is 10.4. The van der Waals surface area contributed by atoms with Crippen LogP contribution in [-0.2, 0) is 16.0 Å². The number of hydrogen-bond acceptors (Lipinski definition) is 5. The number of aryl methyl sites for hydroxylation is 2. The first-order valence-corrected chi connectivity index (χ1v) is 9.41. The first-order chi connectivity index (χ1) is 13.7. The van der Waals surface area contributed by atoms with Gasteiger partial charge in [0.1, 0.15) is 11.8 Å². The van der Waals surface area contributed by atoms with Gasteiger partial charge in [0.2, 0.25) is 11.8 Å². The monoisotopic (exact) mass is 396 g/mol. The normalized spacial score (nSPS) is 13.5. The van der Waals surface area contributed by atoms with Crippen molar-refractivity contribution in [1.29, 1.82) is 0 Å². The number of pyridine rings is 1. The van der Waals surface area contributed by atoms with Crippen LogP contribution in [0.3, 0.4) is 0 Å². The summed E-state index contributed by atoms with van der Waals surface area (Å²) in [6.45, 7) is 7.18. The predicted molar refractivity (Wildman–Crippen MR) is 113 cm³/mol. The fourth-order valence-corrected chi connectivity index (χ4v) is 2.97. The smallest absolute Gasteiger partial charge is 0.246 e. The van der Waals surface area contributed by atoms with E-state index in [-0.39, 0.29) is 11.7 Å². The van der Waals surface area contributed by atoms with E-state index in [0.29, 0.717) is 6.42 Å². The lowest BCUT2D eigenvalue weighted by atomic mass is 9.96. The molecule has 2 amide bonds. The van der Waals surface area contributed by atoms with Gasteiger partial charge < -0.3 is 21.5 Å². The molecule has 1 heterocycles. The van der Waals surface area contributed by atoms with Crippen molar-refractivity contribution in [3.8, 4) is 5.75 Å². The number of amides is 2. The first-order valence-electron chi connectivity index (χ1n) is 9.41. The van der Waals surface area contributed by atoms with E-state index in [0.717, 1.165) is 27.8 Å². The predicted octanol–water partition coefficient (Wildman–Crippen LogP) is 1.96. The van der Waals surface area contributed by atoms with Crippen molar-refractivity contribution in [3.05, 3.63) is 65.1 Å². The number of hydrogen-bond donors (Lipinski definition) is 4. The lowest BCUT2D eigenvalue weighted by Crippen LogP contribution is -2.50. The second-order valence-corrected chi connectivity index (χ2v) is 7.18. The summed E-state index contributed by atoms with van der Waals surface area (Å²) in [7, 11) is 0. The fraction of sp³-hybridized carbons (Fsp3) is 0.318. The van der Waals surface area contributed by atoms with Gasteiger partial charge in [-0.15, -0.1) is 0 Å². The molecule has 2 aromatic rings. The van der Waals surface area contributed by atoms with E-state index in [9.17, 15) is 14.7 Å². The Labute approximate surface area is 171 Å². The Kier molecular flexibility index (Phi) is 7.50. The van der Waals surface area contributed by atoms with Crippen LogP contribution < -0.4 is 16.4 Å². The van der Waals surface area contributed by atoms with Gasteiger partial charge in [-0.1, -0.05) is 6.07 Å². The average molecular weight is 396 g/mol. The van der Waals surface area contributed by atoms with Crippen LogP contribution in [-0.4, -0.2) is 34.0 Å². The number of phenols is 1. The highest BCUT2D eigenvalue weighted by molar-refractivity contribution is 5.90. The van der Waals surface area contributed by atoms with Gasteiger partial charge in [0.15, 0.2) is 0 Å². The van der Waals surface area contributed by atoms with E-state index < -0.39 is 18.0 Å². The number of benzene rings is 1. The standard InChI is InChI=1S/C22H28N4O3/c1-13-8-18(27)9-14(2)19(13)10-20(23)22(29)26-16(4)21(28)25-11-15(3)17-6-5-7-24-12-17/h5-9,11-12,16,20,27H,10,23H2,1-4H3,(H,25,28)(H,26,29)/b15-11+/t16-,20?/m1/s1. The van der Waals surface area contributed by atoms with Gasteiger partial charge in [0.25, 0.3) is 0 Å². The number of aromatic hydroxyl groups is 1. The van der Waals surface area contributed by atoms with Gasteiger partial charge in [-0.3, -0.25) is 14.6 Å². The first kappa shape index (κ1) is 22.1. The molecule has 29 heavy (non-hydrogen) atoms. The molecule has 1 unspecified atom stereocenters. The zero-order valence-electron chi connectivity index (χ0n) is 17.2. The molecule has 0 aliphatic heterocycles. The second kappa shape index (κ2) is 9.84. The third kappa shape index (κ3) is 6.15. The summed E-state index contributed by atoms with van der Waals surface area (Å²) >= 11 is 0. The topological polar surface area (TPSA) is 117 Å². The zero-order chi connectivity index (χ0) is 21.6. The van der Waals surface area contributed by atoms with Crippen LogP contribution in [0.5, 0.6) is 5.75 Å². The minimum Gasteiger partial charge on any atom is -0.508 e. The van der Waals surface area contributed by atoms with Gasteiger partial charge >= 0.3 is 0 Å². The van der Waals surface area contributed by atoms with E-state index in [1.807, 2.05) is 32.9 Å². The number of allylic oxidation sites excluding steroid dienone is 1. The van der Waals surface area contributed by atoms with Crippen LogP contribution in [0, 0.1) is 13.8 Å². The van der Waals surface area contributed by atoms with Crippen LogP contribution in [0.15, 0.2) is 42.9 Å². The Hall–Kier alpha value is -3.19. The maximum absolute atomic E-state index is 12.4. The largest absolute Gasteiger partial charge is 0.508 e. The van der Waals surface area contributed by atoms with E-state index in [4.69, 9.17) is 5.73 Å². The molecule has 5 N–H and O–H groups in total. The molecule has 0 bridgehead atoms. The summed E-state index contributed by atoms with van der Waals surface area (Å²) in [6, 6.07) is 5.44. The molecule has 0 fully saturated rings. The Bertz CT molecular complexity index is 887. The Morgan fingerprint density at radius 3 is 2.48 bits per heavy atom. The average Bonchev–Trinajstić information content (AvgIpc) is 2.68. The number of nitrogens with two attached hydrogens (primary N) is 1. The number of nitrogens with one attached hydrogen (secondary N) is 2. The number of carbonyl (C=O) groups is 2. The number of aromatic nitrogens is 1. The number of carbonyl (C=O) groups excluding carboxylic acids is 2. The van der Waals surface area contributed by atoms with E-state index in [1.54, 1.807) is 37.7 Å². The van der Waals surface area contributed by atoms with Crippen molar-refractivity contribution >= 4 is 17.4 Å². The van der Waals surface area contributed by atoms with Gasteiger partial charge in [0.05, 0.1) is 6.04 Å². The van der Waals surface area contributed by atoms with Crippen LogP contribution in [0.2, 0.25) is 0 Å². The molecule has 2 atom stereocenters. The Morgan fingerprint density at radius 2 is 1.90 bits per heavy atom. The lowest BCUT2D eigenvalue weighted by Gasteiger charge is -2.18. The third-order valence-electron chi connectivity index (χ3n) is 4.74. The quantitative estimate of drug-likeness (QED) is 0.571. The fourth-order valence-electron chi connectivity index (χ4n) is 2.97. The van der Waals surface area contributed by atoms with Crippen molar-refractivity contribution in [2.75, 3.05) is 0 Å². The molecular weight excluding hydrogens is 368 g/mol. The molecule has 0 aliphatic carbocycles. The number of phenolic OH excluding ortho intramolecular Hbond substituents is 1. The molecule has 0 radical (unpaired) electrons. The number of rotatable bonds is 7. The van der Waals surface area contributed by atoms with Crippen molar-refractivity contribution in [2.24, 2.45) is 5.73 Å². The molecule has 0 saturated heterocycles. The minimum absolute atomic E-state index is 0.182. The maximum atomic E-state index is 12.4. The van der Waals surface area contributed by atoms with Gasteiger partial charge in [-0.2, -0.15) is 0 Å². The molecule has 7 nitrogen and oxygen atoms in total. The SMILES string of the molecule is C/C(=C\NC(=O)[C@@H](C)NC(=O)C(N)Cc1c(C)cc(O)cc1C)c1cccnc1. The van der Waals surface area contributed by atoms with Crippen molar-refractivity contribution in [2.45, 2.75) is 46.2 Å². The van der Waals surface area contributed by atoms with Crippen LogP contribution in [0.4, 0.5) is 0 Å².